The Labute approximate surface area is 206 Å². The van der Waals surface area contributed by atoms with Gasteiger partial charge in [0.2, 0.25) is 0 Å². The average Bonchev–Trinajstić information content (AvgIpc) is 2.94. The van der Waals surface area contributed by atoms with Crippen LogP contribution in [-0.4, -0.2) is 20.2 Å². The molecule has 170 valence electrons. The average molecular weight is 467 g/mol. The van der Waals surface area contributed by atoms with E-state index in [1.807, 2.05) is 72.8 Å². The van der Waals surface area contributed by atoms with E-state index < -0.39 is 0 Å². The lowest BCUT2D eigenvalue weighted by atomic mass is 10.0. The van der Waals surface area contributed by atoms with Gasteiger partial charge >= 0.3 is 0 Å². The maximum Gasteiger partial charge on any atom is 0.161 e. The Morgan fingerprint density at radius 1 is 0.778 bits per heavy atom. The topological polar surface area (TPSA) is 96.6 Å². The number of anilines is 2. The van der Waals surface area contributed by atoms with Gasteiger partial charge in [0.25, 0.3) is 0 Å². The maximum absolute atomic E-state index is 9.09. The fraction of sp³-hybridized carbons (Fsp3) is 0. The number of aromatic nitrogens is 4. The zero-order chi connectivity index (χ0) is 24.3. The number of benzene rings is 3. The lowest BCUT2D eigenvalue weighted by molar-refractivity contribution is 0.487. The number of rotatable bonds is 5. The van der Waals surface area contributed by atoms with E-state index in [1.54, 1.807) is 18.3 Å². The van der Waals surface area contributed by atoms with Crippen molar-refractivity contribution < 1.29 is 4.74 Å². The molecule has 3 aromatic heterocycles. The van der Waals surface area contributed by atoms with Crippen molar-refractivity contribution in [1.29, 1.82) is 5.26 Å². The summed E-state index contributed by atoms with van der Waals surface area (Å²) in [7, 11) is 0. The predicted molar refractivity (Wildman–Crippen MR) is 139 cm³/mol. The highest BCUT2D eigenvalue weighted by Crippen LogP contribution is 2.32. The Morgan fingerprint density at radius 3 is 2.36 bits per heavy atom. The summed E-state index contributed by atoms with van der Waals surface area (Å²) in [6.07, 6.45) is 3.15. The highest BCUT2D eigenvalue weighted by molar-refractivity contribution is 6.00. The first-order valence-corrected chi connectivity index (χ1v) is 11.3. The van der Waals surface area contributed by atoms with Crippen LogP contribution in [0.25, 0.3) is 33.1 Å². The number of nitrogens with zero attached hydrogens (tertiary/aromatic N) is 5. The minimum atomic E-state index is 0.454. The summed E-state index contributed by atoms with van der Waals surface area (Å²) < 4.78 is 6.06. The van der Waals surface area contributed by atoms with Crippen LogP contribution < -0.4 is 10.1 Å². The molecule has 0 bridgehead atoms. The van der Waals surface area contributed by atoms with Gasteiger partial charge in [-0.05, 0) is 30.3 Å². The van der Waals surface area contributed by atoms with Gasteiger partial charge in [0.15, 0.2) is 11.6 Å². The summed E-state index contributed by atoms with van der Waals surface area (Å²) in [5.41, 5.74) is 4.38. The van der Waals surface area contributed by atoms with E-state index in [4.69, 9.17) is 10.00 Å². The molecule has 0 aliphatic carbocycles. The molecule has 0 unspecified atom stereocenters. The van der Waals surface area contributed by atoms with Gasteiger partial charge in [0.1, 0.15) is 23.0 Å². The third kappa shape index (κ3) is 4.04. The van der Waals surface area contributed by atoms with Crippen molar-refractivity contribution in [1.82, 2.24) is 20.2 Å². The van der Waals surface area contributed by atoms with Gasteiger partial charge in [-0.1, -0.05) is 54.6 Å². The van der Waals surface area contributed by atoms with E-state index in [-0.39, 0.29) is 0 Å². The van der Waals surface area contributed by atoms with E-state index in [0.717, 1.165) is 27.7 Å². The third-order valence-electron chi connectivity index (χ3n) is 5.75. The van der Waals surface area contributed by atoms with Crippen LogP contribution in [0, 0.1) is 11.3 Å². The van der Waals surface area contributed by atoms with Crippen LogP contribution in [0.5, 0.6) is 11.5 Å². The summed E-state index contributed by atoms with van der Waals surface area (Å²) in [5.74, 6) is 1.89. The summed E-state index contributed by atoms with van der Waals surface area (Å²) in [6.45, 7) is 0. The number of fused-ring (bicyclic) bond motifs is 2. The molecule has 0 fully saturated rings. The first-order valence-electron chi connectivity index (χ1n) is 11.3. The highest BCUT2D eigenvalue weighted by atomic mass is 16.5. The second-order valence-corrected chi connectivity index (χ2v) is 8.07. The van der Waals surface area contributed by atoms with Crippen LogP contribution >= 0.6 is 0 Å². The molecule has 3 aromatic carbocycles. The van der Waals surface area contributed by atoms with Crippen LogP contribution in [-0.2, 0) is 0 Å². The van der Waals surface area contributed by atoms with Gasteiger partial charge in [-0.3, -0.25) is 4.98 Å². The standard InChI is InChI=1S/C29H18N6O/c30-17-19-16-25-28(32-18-19)26(14-15-31-25)36-22-12-10-21(11-13-22)33-29-24-9-5-4-8-23(24)27(34-35-29)20-6-2-1-3-7-20/h1-16,18H,(H,33,35). The molecular weight excluding hydrogens is 448 g/mol. The first-order chi connectivity index (χ1) is 17.8. The second kappa shape index (κ2) is 9.12. The van der Waals surface area contributed by atoms with Gasteiger partial charge in [0.05, 0.1) is 11.1 Å². The zero-order valence-electron chi connectivity index (χ0n) is 19.0. The van der Waals surface area contributed by atoms with Gasteiger partial charge < -0.3 is 10.1 Å². The molecule has 3 heterocycles. The molecule has 0 spiro atoms. The number of hydrogen-bond donors (Lipinski definition) is 1. The molecule has 7 nitrogen and oxygen atoms in total. The normalized spacial score (nSPS) is 10.8. The van der Waals surface area contributed by atoms with Crippen molar-refractivity contribution in [3.63, 3.8) is 0 Å². The van der Waals surface area contributed by atoms with Gasteiger partial charge in [-0.2, -0.15) is 5.26 Å². The molecule has 0 aliphatic rings. The Balaban J connectivity index is 1.27. The molecule has 0 atom stereocenters. The molecule has 0 saturated carbocycles. The molecule has 6 aromatic rings. The highest BCUT2D eigenvalue weighted by Gasteiger charge is 2.11. The number of nitrogens with one attached hydrogen (secondary N) is 1. The maximum atomic E-state index is 9.09. The number of nitriles is 1. The Morgan fingerprint density at radius 2 is 1.56 bits per heavy atom. The Kier molecular flexibility index (Phi) is 5.37. The van der Waals surface area contributed by atoms with Crippen LogP contribution in [0.4, 0.5) is 11.5 Å². The van der Waals surface area contributed by atoms with Crippen molar-refractivity contribution in [3.8, 4) is 28.8 Å². The summed E-state index contributed by atoms with van der Waals surface area (Å²) >= 11 is 0. The lowest BCUT2D eigenvalue weighted by Crippen LogP contribution is -1.99. The largest absolute Gasteiger partial charge is 0.455 e. The van der Waals surface area contributed by atoms with E-state index >= 15 is 0 Å². The van der Waals surface area contributed by atoms with Gasteiger partial charge in [-0.25, -0.2) is 4.98 Å². The molecular formula is C29H18N6O. The lowest BCUT2D eigenvalue weighted by Gasteiger charge is -2.12. The smallest absolute Gasteiger partial charge is 0.161 e. The van der Waals surface area contributed by atoms with Gasteiger partial charge in [-0.15, -0.1) is 10.2 Å². The zero-order valence-corrected chi connectivity index (χ0v) is 19.0. The molecule has 1 N–H and O–H groups in total. The molecule has 36 heavy (non-hydrogen) atoms. The fourth-order valence-corrected chi connectivity index (χ4v) is 4.02. The second-order valence-electron chi connectivity index (χ2n) is 8.07. The van der Waals surface area contributed by atoms with Gasteiger partial charge in [0, 0.05) is 40.5 Å². The van der Waals surface area contributed by atoms with Crippen molar-refractivity contribution in [2.24, 2.45) is 0 Å². The predicted octanol–water partition coefficient (Wildman–Crippen LogP) is 6.65. The van der Waals surface area contributed by atoms with E-state index in [2.05, 4.69) is 37.6 Å². The Bertz CT molecular complexity index is 1740. The van der Waals surface area contributed by atoms with Crippen molar-refractivity contribution >= 4 is 33.3 Å². The summed E-state index contributed by atoms with van der Waals surface area (Å²) in [6, 6.07) is 31.2. The first kappa shape index (κ1) is 21.2. The number of ether oxygens (including phenoxy) is 1. The molecule has 6 rings (SSSR count). The summed E-state index contributed by atoms with van der Waals surface area (Å²) in [5, 5.41) is 23.5. The monoisotopic (exact) mass is 466 g/mol. The molecule has 0 radical (unpaired) electrons. The Hall–Kier alpha value is -5.35. The molecule has 0 amide bonds. The van der Waals surface area contributed by atoms with E-state index in [1.165, 1.54) is 6.20 Å². The number of pyridine rings is 2. The summed E-state index contributed by atoms with van der Waals surface area (Å²) in [4.78, 5) is 8.63. The van der Waals surface area contributed by atoms with Crippen LogP contribution in [0.15, 0.2) is 103 Å². The number of hydrogen-bond acceptors (Lipinski definition) is 7. The molecule has 0 saturated heterocycles. The molecule has 0 aliphatic heterocycles. The van der Waals surface area contributed by atoms with Crippen molar-refractivity contribution in [2.45, 2.75) is 0 Å². The van der Waals surface area contributed by atoms with E-state index in [0.29, 0.717) is 33.9 Å². The minimum Gasteiger partial charge on any atom is -0.455 e. The van der Waals surface area contributed by atoms with Crippen molar-refractivity contribution in [2.75, 3.05) is 5.32 Å². The molecule has 7 heteroatoms. The third-order valence-corrected chi connectivity index (χ3v) is 5.75. The van der Waals surface area contributed by atoms with Crippen LogP contribution in [0.2, 0.25) is 0 Å². The van der Waals surface area contributed by atoms with Crippen LogP contribution in [0.3, 0.4) is 0 Å². The quantitative estimate of drug-likeness (QED) is 0.304. The van der Waals surface area contributed by atoms with Crippen LogP contribution in [0.1, 0.15) is 5.56 Å². The fourth-order valence-electron chi connectivity index (χ4n) is 4.02. The van der Waals surface area contributed by atoms with Crippen molar-refractivity contribution in [3.05, 3.63) is 109 Å². The SMILES string of the molecule is N#Cc1cnc2c(Oc3ccc(Nc4nnc(-c5ccccc5)c5ccccc45)cc3)ccnc2c1. The minimum absolute atomic E-state index is 0.454. The van der Waals surface area contributed by atoms with E-state index in [9.17, 15) is 0 Å².